The zero-order chi connectivity index (χ0) is 14.5. The molecule has 0 spiro atoms. The molecular formula is C15H17ClN2OS. The van der Waals surface area contributed by atoms with Crippen molar-refractivity contribution in [1.82, 2.24) is 5.32 Å². The van der Waals surface area contributed by atoms with Crippen LogP contribution in [0.5, 0.6) is 0 Å². The summed E-state index contributed by atoms with van der Waals surface area (Å²) in [4.78, 5) is 13.1. The Balaban J connectivity index is 2.08. The standard InChI is InChI=1S/C15H17ClN2OS/c1-2-12(10-5-3-6-11(16)9-10)18-15(19)14(17)13-7-4-8-20-13/h3-9,12,14H,2,17H2,1H3,(H,18,19). The van der Waals surface area contributed by atoms with Gasteiger partial charge in [0.05, 0.1) is 6.04 Å². The van der Waals surface area contributed by atoms with Gasteiger partial charge in [-0.15, -0.1) is 11.3 Å². The van der Waals surface area contributed by atoms with Crippen molar-refractivity contribution in [2.24, 2.45) is 5.73 Å². The van der Waals surface area contributed by atoms with Crippen molar-refractivity contribution >= 4 is 28.8 Å². The van der Waals surface area contributed by atoms with Crippen LogP contribution < -0.4 is 11.1 Å². The van der Waals surface area contributed by atoms with E-state index in [0.29, 0.717) is 5.02 Å². The Hall–Kier alpha value is -1.36. The molecule has 0 aliphatic rings. The fourth-order valence-corrected chi connectivity index (χ4v) is 2.93. The molecule has 0 saturated heterocycles. The fraction of sp³-hybridized carbons (Fsp3) is 0.267. The third-order valence-electron chi connectivity index (χ3n) is 3.11. The van der Waals surface area contributed by atoms with E-state index in [1.54, 1.807) is 0 Å². The molecule has 2 unspecified atom stereocenters. The van der Waals surface area contributed by atoms with Gasteiger partial charge >= 0.3 is 0 Å². The summed E-state index contributed by atoms with van der Waals surface area (Å²) in [5.74, 6) is -0.167. The lowest BCUT2D eigenvalue weighted by Gasteiger charge is -2.20. The lowest BCUT2D eigenvalue weighted by Crippen LogP contribution is -2.36. The maximum absolute atomic E-state index is 12.2. The number of nitrogens with two attached hydrogens (primary N) is 1. The van der Waals surface area contributed by atoms with Crippen LogP contribution in [0.4, 0.5) is 0 Å². The molecule has 1 aromatic heterocycles. The van der Waals surface area contributed by atoms with Crippen molar-refractivity contribution < 1.29 is 4.79 Å². The van der Waals surface area contributed by atoms with Crippen molar-refractivity contribution in [2.45, 2.75) is 25.4 Å². The molecule has 1 amide bonds. The lowest BCUT2D eigenvalue weighted by atomic mass is 10.0. The van der Waals surface area contributed by atoms with E-state index >= 15 is 0 Å². The highest BCUT2D eigenvalue weighted by Gasteiger charge is 2.20. The molecule has 20 heavy (non-hydrogen) atoms. The number of nitrogens with one attached hydrogen (secondary N) is 1. The van der Waals surface area contributed by atoms with E-state index in [2.05, 4.69) is 5.32 Å². The highest BCUT2D eigenvalue weighted by atomic mass is 35.5. The van der Waals surface area contributed by atoms with Crippen molar-refractivity contribution in [3.63, 3.8) is 0 Å². The average Bonchev–Trinajstić information content (AvgIpc) is 2.97. The van der Waals surface area contributed by atoms with E-state index < -0.39 is 6.04 Å². The Kier molecular flexibility index (Phi) is 5.17. The number of amides is 1. The van der Waals surface area contributed by atoms with Crippen LogP contribution in [0.1, 0.15) is 35.9 Å². The molecule has 1 aromatic carbocycles. The van der Waals surface area contributed by atoms with Crippen molar-refractivity contribution in [1.29, 1.82) is 0 Å². The lowest BCUT2D eigenvalue weighted by molar-refractivity contribution is -0.123. The second-order valence-corrected chi connectivity index (χ2v) is 5.93. The third kappa shape index (κ3) is 3.60. The van der Waals surface area contributed by atoms with Crippen LogP contribution in [0.15, 0.2) is 41.8 Å². The number of hydrogen-bond donors (Lipinski definition) is 2. The average molecular weight is 309 g/mol. The molecule has 0 saturated carbocycles. The van der Waals surface area contributed by atoms with Gasteiger partial charge in [0.2, 0.25) is 5.91 Å². The van der Waals surface area contributed by atoms with Gasteiger partial charge in [-0.2, -0.15) is 0 Å². The van der Waals surface area contributed by atoms with Crippen molar-refractivity contribution in [2.75, 3.05) is 0 Å². The molecule has 0 aliphatic carbocycles. The van der Waals surface area contributed by atoms with Crippen LogP contribution in [0, 0.1) is 0 Å². The predicted octanol–water partition coefficient (Wildman–Crippen LogP) is 3.67. The molecule has 106 valence electrons. The van der Waals surface area contributed by atoms with Gasteiger partial charge in [-0.05, 0) is 35.6 Å². The molecule has 5 heteroatoms. The quantitative estimate of drug-likeness (QED) is 0.885. The SMILES string of the molecule is CCC(NC(=O)C(N)c1cccs1)c1cccc(Cl)c1. The van der Waals surface area contributed by atoms with Gasteiger partial charge < -0.3 is 11.1 Å². The van der Waals surface area contributed by atoms with Gasteiger partial charge in [0, 0.05) is 9.90 Å². The molecule has 0 fully saturated rings. The van der Waals surface area contributed by atoms with Gasteiger partial charge in [0.15, 0.2) is 0 Å². The van der Waals surface area contributed by atoms with E-state index in [4.69, 9.17) is 17.3 Å². The normalized spacial score (nSPS) is 13.8. The van der Waals surface area contributed by atoms with E-state index in [-0.39, 0.29) is 11.9 Å². The Labute approximate surface area is 127 Å². The van der Waals surface area contributed by atoms with Crippen LogP contribution >= 0.6 is 22.9 Å². The van der Waals surface area contributed by atoms with Gasteiger partial charge in [0.25, 0.3) is 0 Å². The summed E-state index contributed by atoms with van der Waals surface area (Å²) >= 11 is 7.48. The molecule has 0 bridgehead atoms. The first-order valence-corrected chi connectivity index (χ1v) is 7.72. The van der Waals surface area contributed by atoms with Crippen LogP contribution in [-0.2, 0) is 4.79 Å². The van der Waals surface area contributed by atoms with Gasteiger partial charge in [-0.25, -0.2) is 0 Å². The van der Waals surface area contributed by atoms with E-state index in [9.17, 15) is 4.79 Å². The summed E-state index contributed by atoms with van der Waals surface area (Å²) in [6, 6.07) is 10.6. The highest BCUT2D eigenvalue weighted by molar-refractivity contribution is 7.10. The summed E-state index contributed by atoms with van der Waals surface area (Å²) in [5.41, 5.74) is 6.96. The summed E-state index contributed by atoms with van der Waals surface area (Å²) in [6.07, 6.45) is 0.781. The number of benzene rings is 1. The fourth-order valence-electron chi connectivity index (χ4n) is 2.00. The Morgan fingerprint density at radius 2 is 2.20 bits per heavy atom. The smallest absolute Gasteiger partial charge is 0.242 e. The first-order chi connectivity index (χ1) is 9.61. The largest absolute Gasteiger partial charge is 0.348 e. The molecule has 0 aliphatic heterocycles. The number of carbonyl (C=O) groups excluding carboxylic acids is 1. The number of thiophene rings is 1. The summed E-state index contributed by atoms with van der Waals surface area (Å²) in [5, 5.41) is 5.56. The molecule has 1 heterocycles. The zero-order valence-corrected chi connectivity index (χ0v) is 12.7. The Morgan fingerprint density at radius 3 is 2.80 bits per heavy atom. The minimum Gasteiger partial charge on any atom is -0.348 e. The molecule has 2 rings (SSSR count). The highest BCUT2D eigenvalue weighted by Crippen LogP contribution is 2.22. The first kappa shape index (κ1) is 15.0. The maximum Gasteiger partial charge on any atom is 0.242 e. The summed E-state index contributed by atoms with van der Waals surface area (Å²) < 4.78 is 0. The third-order valence-corrected chi connectivity index (χ3v) is 4.30. The minimum atomic E-state index is -0.622. The Bertz CT molecular complexity index is 571. The minimum absolute atomic E-state index is 0.0767. The molecular weight excluding hydrogens is 292 g/mol. The maximum atomic E-state index is 12.2. The molecule has 2 aromatic rings. The number of carbonyl (C=O) groups is 1. The molecule has 2 atom stereocenters. The summed E-state index contributed by atoms with van der Waals surface area (Å²) in [7, 11) is 0. The summed E-state index contributed by atoms with van der Waals surface area (Å²) in [6.45, 7) is 2.02. The van der Waals surface area contributed by atoms with Gasteiger partial charge in [-0.1, -0.05) is 36.7 Å². The van der Waals surface area contributed by atoms with Gasteiger partial charge in [-0.3, -0.25) is 4.79 Å². The van der Waals surface area contributed by atoms with Crippen LogP contribution in [0.2, 0.25) is 5.02 Å². The molecule has 3 nitrogen and oxygen atoms in total. The van der Waals surface area contributed by atoms with Crippen molar-refractivity contribution in [3.05, 3.63) is 57.2 Å². The Morgan fingerprint density at radius 1 is 1.40 bits per heavy atom. The predicted molar refractivity (Wildman–Crippen MR) is 83.9 cm³/mol. The second-order valence-electron chi connectivity index (χ2n) is 4.52. The van der Waals surface area contributed by atoms with Crippen LogP contribution in [0.3, 0.4) is 0 Å². The van der Waals surface area contributed by atoms with Crippen LogP contribution in [-0.4, -0.2) is 5.91 Å². The number of halogens is 1. The zero-order valence-electron chi connectivity index (χ0n) is 11.2. The first-order valence-electron chi connectivity index (χ1n) is 6.46. The van der Waals surface area contributed by atoms with Crippen LogP contribution in [0.25, 0.3) is 0 Å². The molecule has 0 radical (unpaired) electrons. The van der Waals surface area contributed by atoms with E-state index in [1.165, 1.54) is 11.3 Å². The number of rotatable bonds is 5. The number of hydrogen-bond acceptors (Lipinski definition) is 3. The monoisotopic (exact) mass is 308 g/mol. The topological polar surface area (TPSA) is 55.1 Å². The van der Waals surface area contributed by atoms with E-state index in [0.717, 1.165) is 16.9 Å². The van der Waals surface area contributed by atoms with Crippen molar-refractivity contribution in [3.8, 4) is 0 Å². The molecule has 3 N–H and O–H groups in total. The second kappa shape index (κ2) is 6.88. The van der Waals surface area contributed by atoms with E-state index in [1.807, 2.05) is 48.7 Å². The van der Waals surface area contributed by atoms with Gasteiger partial charge in [0.1, 0.15) is 6.04 Å².